The number of rotatable bonds is 6. The van der Waals surface area contributed by atoms with Gasteiger partial charge in [-0.3, -0.25) is 9.80 Å². The molecule has 0 bridgehead atoms. The monoisotopic (exact) mass is 318 g/mol. The second kappa shape index (κ2) is 8.13. The molecule has 2 aliphatic rings. The van der Waals surface area contributed by atoms with E-state index in [9.17, 15) is 5.11 Å². The zero-order valence-corrected chi connectivity index (χ0v) is 14.3. The molecule has 1 aliphatic heterocycles. The summed E-state index contributed by atoms with van der Waals surface area (Å²) in [5.41, 5.74) is 1.26. The molecule has 4 nitrogen and oxygen atoms in total. The number of aliphatic hydroxyl groups excluding tert-OH is 1. The third kappa shape index (κ3) is 4.06. The standard InChI is InChI=1S/C19H30N2O2/c1-23-19-9-5-2-6-16(19)14-20-11-12-21(17-7-3-4-8-17)18(15-20)10-13-22/h2,5-6,9,17-18,22H,3-4,7-8,10-15H2,1H3/t18-/m1/s1. The number of aliphatic hydroxyl groups is 1. The Morgan fingerprint density at radius 2 is 1.96 bits per heavy atom. The molecule has 1 aromatic carbocycles. The fraction of sp³-hybridized carbons (Fsp3) is 0.684. The maximum absolute atomic E-state index is 9.47. The number of benzene rings is 1. The van der Waals surface area contributed by atoms with Gasteiger partial charge < -0.3 is 9.84 Å². The van der Waals surface area contributed by atoms with Gasteiger partial charge in [-0.2, -0.15) is 0 Å². The third-order valence-electron chi connectivity index (χ3n) is 5.45. The lowest BCUT2D eigenvalue weighted by atomic mass is 10.0. The van der Waals surface area contributed by atoms with Crippen LogP contribution in [0.2, 0.25) is 0 Å². The molecule has 4 heteroatoms. The molecule has 3 rings (SSSR count). The summed E-state index contributed by atoms with van der Waals surface area (Å²) in [5.74, 6) is 0.976. The van der Waals surface area contributed by atoms with E-state index in [0.29, 0.717) is 6.04 Å². The highest BCUT2D eigenvalue weighted by molar-refractivity contribution is 5.33. The Kier molecular flexibility index (Phi) is 5.92. The van der Waals surface area contributed by atoms with Gasteiger partial charge in [0.05, 0.1) is 7.11 Å². The normalized spacial score (nSPS) is 24.2. The number of methoxy groups -OCH3 is 1. The molecule has 128 valence electrons. The minimum atomic E-state index is 0.288. The van der Waals surface area contributed by atoms with Gasteiger partial charge in [0.2, 0.25) is 0 Å². The van der Waals surface area contributed by atoms with Crippen molar-refractivity contribution in [1.82, 2.24) is 9.80 Å². The predicted octanol–water partition coefficient (Wildman–Crippen LogP) is 2.51. The Bertz CT molecular complexity index is 488. The molecule has 2 fully saturated rings. The molecule has 1 heterocycles. The van der Waals surface area contributed by atoms with Crippen molar-refractivity contribution >= 4 is 0 Å². The number of hydrogen-bond acceptors (Lipinski definition) is 4. The number of para-hydroxylation sites is 1. The first-order valence-corrected chi connectivity index (χ1v) is 9.02. The average molecular weight is 318 g/mol. The Hall–Kier alpha value is -1.10. The molecule has 23 heavy (non-hydrogen) atoms. The Labute approximate surface area is 140 Å². The summed E-state index contributed by atoms with van der Waals surface area (Å²) in [6.07, 6.45) is 6.32. The van der Waals surface area contributed by atoms with Crippen LogP contribution in [-0.4, -0.2) is 60.3 Å². The minimum absolute atomic E-state index is 0.288. The molecule has 0 amide bonds. The van der Waals surface area contributed by atoms with E-state index in [0.717, 1.165) is 44.4 Å². The van der Waals surface area contributed by atoms with Gasteiger partial charge in [0, 0.05) is 50.4 Å². The number of ether oxygens (including phenoxy) is 1. The van der Waals surface area contributed by atoms with E-state index in [1.54, 1.807) is 7.11 Å². The summed E-state index contributed by atoms with van der Waals surface area (Å²) in [7, 11) is 1.74. The van der Waals surface area contributed by atoms with Crippen LogP contribution >= 0.6 is 0 Å². The van der Waals surface area contributed by atoms with E-state index in [2.05, 4.69) is 21.9 Å². The molecule has 1 saturated carbocycles. The maximum atomic E-state index is 9.47. The van der Waals surface area contributed by atoms with E-state index < -0.39 is 0 Å². The van der Waals surface area contributed by atoms with Gasteiger partial charge in [0.15, 0.2) is 0 Å². The molecule has 1 aliphatic carbocycles. The highest BCUT2D eigenvalue weighted by Gasteiger charge is 2.33. The van der Waals surface area contributed by atoms with Gasteiger partial charge in [-0.05, 0) is 25.3 Å². The topological polar surface area (TPSA) is 35.9 Å². The summed E-state index contributed by atoms with van der Waals surface area (Å²) in [6.45, 7) is 4.51. The minimum Gasteiger partial charge on any atom is -0.496 e. The number of hydrogen-bond donors (Lipinski definition) is 1. The van der Waals surface area contributed by atoms with Crippen molar-refractivity contribution in [2.45, 2.75) is 50.7 Å². The quantitative estimate of drug-likeness (QED) is 0.874. The summed E-state index contributed by atoms with van der Waals surface area (Å²) >= 11 is 0. The molecule has 0 unspecified atom stereocenters. The van der Waals surface area contributed by atoms with Crippen LogP contribution in [0.25, 0.3) is 0 Å². The molecule has 1 N–H and O–H groups in total. The van der Waals surface area contributed by atoms with Crippen molar-refractivity contribution < 1.29 is 9.84 Å². The van der Waals surface area contributed by atoms with Crippen LogP contribution in [0.4, 0.5) is 0 Å². The van der Waals surface area contributed by atoms with Crippen LogP contribution in [0.1, 0.15) is 37.7 Å². The molecular formula is C19H30N2O2. The van der Waals surface area contributed by atoms with Crippen molar-refractivity contribution in [3.63, 3.8) is 0 Å². The maximum Gasteiger partial charge on any atom is 0.123 e. The van der Waals surface area contributed by atoms with Crippen LogP contribution < -0.4 is 4.74 Å². The van der Waals surface area contributed by atoms with Crippen LogP contribution in [0, 0.1) is 0 Å². The number of nitrogens with zero attached hydrogens (tertiary/aromatic N) is 2. The van der Waals surface area contributed by atoms with Crippen LogP contribution in [0.3, 0.4) is 0 Å². The second-order valence-corrected chi connectivity index (χ2v) is 6.89. The fourth-order valence-corrected chi connectivity index (χ4v) is 4.27. The smallest absolute Gasteiger partial charge is 0.123 e. The van der Waals surface area contributed by atoms with E-state index in [4.69, 9.17) is 4.74 Å². The van der Waals surface area contributed by atoms with Gasteiger partial charge in [0.1, 0.15) is 5.75 Å². The lowest BCUT2D eigenvalue weighted by Crippen LogP contribution is -2.56. The first kappa shape index (κ1) is 16.7. The van der Waals surface area contributed by atoms with E-state index >= 15 is 0 Å². The second-order valence-electron chi connectivity index (χ2n) is 6.89. The summed E-state index contributed by atoms with van der Waals surface area (Å²) in [5, 5.41) is 9.47. The first-order chi connectivity index (χ1) is 11.3. The van der Waals surface area contributed by atoms with Gasteiger partial charge >= 0.3 is 0 Å². The summed E-state index contributed by atoms with van der Waals surface area (Å²) < 4.78 is 5.49. The largest absolute Gasteiger partial charge is 0.496 e. The lowest BCUT2D eigenvalue weighted by Gasteiger charge is -2.44. The molecule has 1 saturated heterocycles. The van der Waals surface area contributed by atoms with Crippen molar-refractivity contribution in [3.05, 3.63) is 29.8 Å². The van der Waals surface area contributed by atoms with Crippen molar-refractivity contribution in [3.8, 4) is 5.75 Å². The molecule has 1 aromatic rings. The first-order valence-electron chi connectivity index (χ1n) is 9.02. The van der Waals surface area contributed by atoms with Gasteiger partial charge in [-0.25, -0.2) is 0 Å². The lowest BCUT2D eigenvalue weighted by molar-refractivity contribution is 0.0265. The van der Waals surface area contributed by atoms with Crippen molar-refractivity contribution in [2.75, 3.05) is 33.4 Å². The molecule has 1 atom stereocenters. The average Bonchev–Trinajstić information content (AvgIpc) is 3.10. The fourth-order valence-electron chi connectivity index (χ4n) is 4.27. The molecular weight excluding hydrogens is 288 g/mol. The van der Waals surface area contributed by atoms with E-state index in [1.165, 1.54) is 31.2 Å². The van der Waals surface area contributed by atoms with E-state index in [1.807, 2.05) is 12.1 Å². The Morgan fingerprint density at radius 3 is 2.70 bits per heavy atom. The Balaban J connectivity index is 1.64. The molecule has 0 spiro atoms. The Morgan fingerprint density at radius 1 is 1.17 bits per heavy atom. The third-order valence-corrected chi connectivity index (χ3v) is 5.45. The van der Waals surface area contributed by atoms with Crippen LogP contribution in [-0.2, 0) is 6.54 Å². The summed E-state index contributed by atoms with van der Waals surface area (Å²) in [4.78, 5) is 5.20. The van der Waals surface area contributed by atoms with Crippen molar-refractivity contribution in [1.29, 1.82) is 0 Å². The van der Waals surface area contributed by atoms with Crippen LogP contribution in [0.15, 0.2) is 24.3 Å². The van der Waals surface area contributed by atoms with Gasteiger partial charge in [-0.1, -0.05) is 31.0 Å². The van der Waals surface area contributed by atoms with E-state index in [-0.39, 0.29) is 6.61 Å². The SMILES string of the molecule is COc1ccccc1CN1CCN(C2CCCC2)[C@H](CCO)C1. The van der Waals surface area contributed by atoms with Gasteiger partial charge in [-0.15, -0.1) is 0 Å². The zero-order chi connectivity index (χ0) is 16.1. The number of piperazine rings is 1. The highest BCUT2D eigenvalue weighted by Crippen LogP contribution is 2.29. The summed E-state index contributed by atoms with van der Waals surface area (Å²) in [6, 6.07) is 9.54. The van der Waals surface area contributed by atoms with Crippen LogP contribution in [0.5, 0.6) is 5.75 Å². The zero-order valence-electron chi connectivity index (χ0n) is 14.3. The molecule has 0 aromatic heterocycles. The highest BCUT2D eigenvalue weighted by atomic mass is 16.5. The van der Waals surface area contributed by atoms with Gasteiger partial charge in [0.25, 0.3) is 0 Å². The predicted molar refractivity (Wildman–Crippen MR) is 92.7 cm³/mol. The molecule has 0 radical (unpaired) electrons. The van der Waals surface area contributed by atoms with Crippen molar-refractivity contribution in [2.24, 2.45) is 0 Å².